The van der Waals surface area contributed by atoms with Crippen molar-refractivity contribution in [2.75, 3.05) is 5.32 Å². The zero-order chi connectivity index (χ0) is 28.2. The van der Waals surface area contributed by atoms with Gasteiger partial charge in [0.05, 0.1) is 17.9 Å². The first-order chi connectivity index (χ1) is 19.2. The highest BCUT2D eigenvalue weighted by molar-refractivity contribution is 6.03. The molecule has 2 aliphatic carbocycles. The number of ether oxygens (including phenoxy) is 1. The minimum absolute atomic E-state index is 0.00783. The van der Waals surface area contributed by atoms with Crippen molar-refractivity contribution < 1.29 is 19.1 Å². The van der Waals surface area contributed by atoms with Gasteiger partial charge in [-0.15, -0.1) is 0 Å². The van der Waals surface area contributed by atoms with E-state index >= 15 is 0 Å². The summed E-state index contributed by atoms with van der Waals surface area (Å²) >= 11 is 0. The minimum atomic E-state index is -1.10. The molecule has 4 fully saturated rings. The van der Waals surface area contributed by atoms with Gasteiger partial charge in [-0.25, -0.2) is 0 Å². The van der Waals surface area contributed by atoms with E-state index in [-0.39, 0.29) is 29.8 Å². The van der Waals surface area contributed by atoms with Gasteiger partial charge in [-0.3, -0.25) is 14.4 Å². The van der Waals surface area contributed by atoms with E-state index in [9.17, 15) is 14.4 Å². The van der Waals surface area contributed by atoms with Crippen LogP contribution in [-0.4, -0.2) is 52.5 Å². The molecule has 5 aliphatic rings. The van der Waals surface area contributed by atoms with Gasteiger partial charge < -0.3 is 20.3 Å². The van der Waals surface area contributed by atoms with Crippen molar-refractivity contribution in [3.05, 3.63) is 42.0 Å². The van der Waals surface area contributed by atoms with Gasteiger partial charge in [0.25, 0.3) is 0 Å². The van der Waals surface area contributed by atoms with Gasteiger partial charge in [0.1, 0.15) is 11.6 Å². The molecule has 1 aromatic carbocycles. The predicted octanol–water partition coefficient (Wildman–Crippen LogP) is 5.17. The molecule has 3 heterocycles. The Balaban J connectivity index is 1.29. The second-order valence-corrected chi connectivity index (χ2v) is 13.5. The summed E-state index contributed by atoms with van der Waals surface area (Å²) in [5.41, 5.74) is 0.808. The molecule has 1 aromatic rings. The lowest BCUT2D eigenvalue weighted by Crippen LogP contribution is -2.59. The topological polar surface area (TPSA) is 87.7 Å². The number of hydrogen-bond acceptors (Lipinski definition) is 4. The summed E-state index contributed by atoms with van der Waals surface area (Å²) in [6.45, 7) is 8.73. The first-order valence-corrected chi connectivity index (χ1v) is 15.6. The van der Waals surface area contributed by atoms with E-state index < -0.39 is 29.6 Å². The fraction of sp³-hybridized carbons (Fsp3) is 0.667. The van der Waals surface area contributed by atoms with Crippen molar-refractivity contribution in [1.82, 2.24) is 10.2 Å². The third-order valence-corrected chi connectivity index (χ3v) is 10.5. The van der Waals surface area contributed by atoms with Gasteiger partial charge in [-0.1, -0.05) is 64.8 Å². The predicted molar refractivity (Wildman–Crippen MR) is 155 cm³/mol. The van der Waals surface area contributed by atoms with Crippen molar-refractivity contribution in [1.29, 1.82) is 0 Å². The van der Waals surface area contributed by atoms with Gasteiger partial charge in [-0.2, -0.15) is 0 Å². The van der Waals surface area contributed by atoms with Gasteiger partial charge in [0.2, 0.25) is 17.7 Å². The Morgan fingerprint density at radius 3 is 2.35 bits per heavy atom. The Hall–Kier alpha value is -2.67. The van der Waals surface area contributed by atoms with Gasteiger partial charge >= 0.3 is 0 Å². The SMILES string of the molecule is CC1CCC(N2C(=O)[C@H]3[C@H](C(=O)Nc4ccc(C(C)C)cc4)[C@H]4C=C[C@@]3(O4)[C@@H]2C(=O)N[C@H]2CCCC[C@H]2C)CC1. The van der Waals surface area contributed by atoms with Crippen LogP contribution in [0.4, 0.5) is 5.69 Å². The molecule has 7 atom stereocenters. The van der Waals surface area contributed by atoms with Crippen LogP contribution in [0.2, 0.25) is 0 Å². The lowest BCUT2D eigenvalue weighted by Gasteiger charge is -2.40. The third-order valence-electron chi connectivity index (χ3n) is 10.5. The molecule has 1 spiro atoms. The molecule has 2 saturated heterocycles. The molecule has 3 amide bonds. The van der Waals surface area contributed by atoms with Crippen LogP contribution in [0.5, 0.6) is 0 Å². The van der Waals surface area contributed by atoms with Crippen LogP contribution < -0.4 is 10.6 Å². The summed E-state index contributed by atoms with van der Waals surface area (Å²) in [6.07, 6.45) is 11.5. The Kier molecular flexibility index (Phi) is 7.30. The van der Waals surface area contributed by atoms with Gasteiger partial charge in [0.15, 0.2) is 0 Å². The lowest BCUT2D eigenvalue weighted by atomic mass is 9.74. The molecule has 6 rings (SSSR count). The quantitative estimate of drug-likeness (QED) is 0.481. The van der Waals surface area contributed by atoms with E-state index in [2.05, 4.69) is 38.3 Å². The standard InChI is InChI=1S/C33H45N3O4/c1-19(2)22-11-13-23(14-12-22)34-30(37)27-26-17-18-33(40-26)28(27)32(39)36(24-15-9-20(3)10-16-24)29(33)31(38)35-25-8-6-5-7-21(25)4/h11-14,17-21,24-29H,5-10,15-16H2,1-4H3,(H,34,37)(H,35,38)/t20?,21-,24?,25+,26-,27-,28-,29+,33+/m1/s1. The molecular formula is C33H45N3O4. The summed E-state index contributed by atoms with van der Waals surface area (Å²) in [5.74, 6) is -0.375. The van der Waals surface area contributed by atoms with Gasteiger partial charge in [0, 0.05) is 17.8 Å². The summed E-state index contributed by atoms with van der Waals surface area (Å²) in [6, 6.07) is 7.24. The average molecular weight is 548 g/mol. The highest BCUT2D eigenvalue weighted by atomic mass is 16.5. The van der Waals surface area contributed by atoms with Crippen molar-refractivity contribution in [3.63, 3.8) is 0 Å². The molecule has 216 valence electrons. The number of fused-ring (bicyclic) bond motifs is 1. The number of benzene rings is 1. The normalized spacial score (nSPS) is 38.5. The van der Waals surface area contributed by atoms with Crippen molar-refractivity contribution in [3.8, 4) is 0 Å². The summed E-state index contributed by atoms with van der Waals surface area (Å²) in [4.78, 5) is 44.2. The van der Waals surface area contributed by atoms with Crippen molar-refractivity contribution in [2.24, 2.45) is 23.7 Å². The highest BCUT2D eigenvalue weighted by Gasteiger charge is 2.73. The number of rotatable bonds is 6. The highest BCUT2D eigenvalue weighted by Crippen LogP contribution is 2.56. The number of amides is 3. The monoisotopic (exact) mass is 547 g/mol. The molecule has 0 unspecified atom stereocenters. The number of carbonyl (C=O) groups excluding carboxylic acids is 3. The summed E-state index contributed by atoms with van der Waals surface area (Å²) in [5, 5.41) is 6.41. The maximum absolute atomic E-state index is 14.4. The number of hydrogen-bond donors (Lipinski definition) is 2. The van der Waals surface area contributed by atoms with Crippen LogP contribution in [-0.2, 0) is 19.1 Å². The van der Waals surface area contributed by atoms with Crippen molar-refractivity contribution in [2.45, 2.75) is 115 Å². The number of carbonyl (C=O) groups is 3. The molecule has 40 heavy (non-hydrogen) atoms. The maximum atomic E-state index is 14.4. The van der Waals surface area contributed by atoms with Crippen LogP contribution in [0.15, 0.2) is 36.4 Å². The van der Waals surface area contributed by atoms with E-state index in [0.29, 0.717) is 23.4 Å². The molecule has 3 aliphatic heterocycles. The molecule has 2 N–H and O–H groups in total. The maximum Gasteiger partial charge on any atom is 0.246 e. The molecule has 2 bridgehead atoms. The fourth-order valence-electron chi connectivity index (χ4n) is 8.09. The molecule has 7 heteroatoms. The van der Waals surface area contributed by atoms with E-state index in [4.69, 9.17) is 4.74 Å². The summed E-state index contributed by atoms with van der Waals surface area (Å²) in [7, 11) is 0. The first kappa shape index (κ1) is 27.5. The van der Waals surface area contributed by atoms with Crippen molar-refractivity contribution >= 4 is 23.4 Å². The second-order valence-electron chi connectivity index (χ2n) is 13.5. The van der Waals surface area contributed by atoms with Gasteiger partial charge in [-0.05, 0) is 74.0 Å². The average Bonchev–Trinajstić information content (AvgIpc) is 3.58. The Labute approximate surface area is 238 Å². The largest absolute Gasteiger partial charge is 0.359 e. The fourth-order valence-corrected chi connectivity index (χ4v) is 8.09. The second kappa shape index (κ2) is 10.6. The van der Waals surface area contributed by atoms with E-state index in [0.717, 1.165) is 44.9 Å². The molecule has 7 nitrogen and oxygen atoms in total. The molecule has 2 saturated carbocycles. The number of nitrogens with zero attached hydrogens (tertiary/aromatic N) is 1. The third kappa shape index (κ3) is 4.58. The minimum Gasteiger partial charge on any atom is -0.359 e. The van der Waals surface area contributed by atoms with E-state index in [1.165, 1.54) is 12.0 Å². The van der Waals surface area contributed by atoms with Crippen LogP contribution in [0.1, 0.15) is 90.5 Å². The van der Waals surface area contributed by atoms with Crippen LogP contribution in [0, 0.1) is 23.7 Å². The smallest absolute Gasteiger partial charge is 0.246 e. The zero-order valence-electron chi connectivity index (χ0n) is 24.4. The Morgan fingerprint density at radius 1 is 0.975 bits per heavy atom. The van der Waals surface area contributed by atoms with Crippen LogP contribution in [0.25, 0.3) is 0 Å². The summed E-state index contributed by atoms with van der Waals surface area (Å²) < 4.78 is 6.57. The lowest BCUT2D eigenvalue weighted by molar-refractivity contribution is -0.145. The number of anilines is 1. The Morgan fingerprint density at radius 2 is 1.68 bits per heavy atom. The van der Waals surface area contributed by atoms with E-state index in [1.54, 1.807) is 0 Å². The zero-order valence-corrected chi connectivity index (χ0v) is 24.4. The molecule has 0 aromatic heterocycles. The van der Waals surface area contributed by atoms with Crippen LogP contribution in [0.3, 0.4) is 0 Å². The number of nitrogens with one attached hydrogen (secondary N) is 2. The number of likely N-dealkylation sites (tertiary alicyclic amines) is 1. The molecular weight excluding hydrogens is 502 g/mol. The van der Waals surface area contributed by atoms with Crippen LogP contribution >= 0.6 is 0 Å². The first-order valence-electron chi connectivity index (χ1n) is 15.6. The molecule has 0 radical (unpaired) electrons. The van der Waals surface area contributed by atoms with E-state index in [1.807, 2.05) is 41.3 Å². The Bertz CT molecular complexity index is 1170.